The summed E-state index contributed by atoms with van der Waals surface area (Å²) in [6.45, 7) is 4.49. The van der Waals surface area contributed by atoms with Crippen LogP contribution >= 0.6 is 11.3 Å². The van der Waals surface area contributed by atoms with Crippen LogP contribution in [0, 0.1) is 13.8 Å². The Morgan fingerprint density at radius 1 is 1.30 bits per heavy atom. The maximum absolute atomic E-state index is 12.0. The number of pyridine rings is 1. The van der Waals surface area contributed by atoms with Gasteiger partial charge in [0.05, 0.1) is 11.4 Å². The predicted octanol–water partition coefficient (Wildman–Crippen LogP) is 3.05. The van der Waals surface area contributed by atoms with Crippen LogP contribution in [-0.4, -0.2) is 25.7 Å². The second kappa shape index (κ2) is 6.70. The average molecular weight is 327 g/mol. The van der Waals surface area contributed by atoms with E-state index >= 15 is 0 Å². The van der Waals surface area contributed by atoms with Crippen LogP contribution in [0.25, 0.3) is 11.4 Å². The number of nitrogens with zero attached hydrogens (tertiary/aromatic N) is 4. The van der Waals surface area contributed by atoms with Crippen molar-refractivity contribution in [2.24, 2.45) is 0 Å². The minimum absolute atomic E-state index is 0.0699. The van der Waals surface area contributed by atoms with Crippen molar-refractivity contribution in [3.63, 3.8) is 0 Å². The SMILES string of the molecule is Cc1cc(C)n(CCC(=O)Nc2nc(-c3ccccn3)cs2)n1. The fourth-order valence-corrected chi connectivity index (χ4v) is 2.97. The maximum Gasteiger partial charge on any atom is 0.228 e. The Kier molecular flexibility index (Phi) is 4.47. The van der Waals surface area contributed by atoms with Gasteiger partial charge in [-0.25, -0.2) is 4.98 Å². The first-order valence-electron chi connectivity index (χ1n) is 7.29. The highest BCUT2D eigenvalue weighted by molar-refractivity contribution is 7.14. The molecule has 6 nitrogen and oxygen atoms in total. The highest BCUT2D eigenvalue weighted by atomic mass is 32.1. The van der Waals surface area contributed by atoms with Gasteiger partial charge >= 0.3 is 0 Å². The monoisotopic (exact) mass is 327 g/mol. The lowest BCUT2D eigenvalue weighted by Crippen LogP contribution is -2.15. The molecule has 7 heteroatoms. The van der Waals surface area contributed by atoms with Gasteiger partial charge in [0.1, 0.15) is 5.69 Å². The van der Waals surface area contributed by atoms with Crippen LogP contribution in [0.5, 0.6) is 0 Å². The molecule has 0 bridgehead atoms. The number of nitrogens with one attached hydrogen (secondary N) is 1. The lowest BCUT2D eigenvalue weighted by Gasteiger charge is -2.04. The molecule has 0 aliphatic carbocycles. The molecule has 0 atom stereocenters. The van der Waals surface area contributed by atoms with Gasteiger partial charge < -0.3 is 5.32 Å². The molecular formula is C16H17N5OS. The quantitative estimate of drug-likeness (QED) is 0.782. The number of rotatable bonds is 5. The Morgan fingerprint density at radius 3 is 2.87 bits per heavy atom. The fraction of sp³-hybridized carbons (Fsp3) is 0.250. The molecule has 1 N–H and O–H groups in total. The van der Waals surface area contributed by atoms with Gasteiger partial charge in [-0.2, -0.15) is 5.10 Å². The van der Waals surface area contributed by atoms with E-state index in [0.29, 0.717) is 18.1 Å². The van der Waals surface area contributed by atoms with Crippen molar-refractivity contribution in [2.45, 2.75) is 26.8 Å². The number of aryl methyl sites for hydroxylation is 3. The van der Waals surface area contributed by atoms with Gasteiger partial charge in [0.25, 0.3) is 0 Å². The number of carbonyl (C=O) groups excluding carboxylic acids is 1. The number of thiazole rings is 1. The van der Waals surface area contributed by atoms with Crippen molar-refractivity contribution in [1.29, 1.82) is 0 Å². The Morgan fingerprint density at radius 2 is 2.17 bits per heavy atom. The van der Waals surface area contributed by atoms with E-state index in [1.807, 2.05) is 48.2 Å². The highest BCUT2D eigenvalue weighted by Crippen LogP contribution is 2.23. The van der Waals surface area contributed by atoms with Crippen LogP contribution < -0.4 is 5.32 Å². The minimum Gasteiger partial charge on any atom is -0.302 e. The largest absolute Gasteiger partial charge is 0.302 e. The average Bonchev–Trinajstić information content (AvgIpc) is 3.12. The third-order valence-electron chi connectivity index (χ3n) is 3.33. The van der Waals surface area contributed by atoms with Crippen molar-refractivity contribution in [3.05, 3.63) is 47.2 Å². The molecule has 3 heterocycles. The Labute approximate surface area is 138 Å². The van der Waals surface area contributed by atoms with E-state index in [-0.39, 0.29) is 5.91 Å². The van der Waals surface area contributed by atoms with Gasteiger partial charge in [-0.1, -0.05) is 6.07 Å². The molecule has 0 aliphatic rings. The van der Waals surface area contributed by atoms with Crippen molar-refractivity contribution in [1.82, 2.24) is 19.7 Å². The summed E-state index contributed by atoms with van der Waals surface area (Å²) >= 11 is 1.40. The lowest BCUT2D eigenvalue weighted by molar-refractivity contribution is -0.116. The van der Waals surface area contributed by atoms with Gasteiger partial charge in [-0.3, -0.25) is 14.5 Å². The molecule has 118 valence electrons. The van der Waals surface area contributed by atoms with Gasteiger partial charge in [0, 0.05) is 30.2 Å². The number of hydrogen-bond donors (Lipinski definition) is 1. The smallest absolute Gasteiger partial charge is 0.228 e. The van der Waals surface area contributed by atoms with Crippen molar-refractivity contribution < 1.29 is 4.79 Å². The number of carbonyl (C=O) groups is 1. The molecule has 0 fully saturated rings. The van der Waals surface area contributed by atoms with E-state index in [4.69, 9.17) is 0 Å². The van der Waals surface area contributed by atoms with Crippen LogP contribution in [0.4, 0.5) is 5.13 Å². The molecular weight excluding hydrogens is 310 g/mol. The fourth-order valence-electron chi connectivity index (χ4n) is 2.25. The zero-order valence-electron chi connectivity index (χ0n) is 13.0. The third kappa shape index (κ3) is 3.81. The first kappa shape index (κ1) is 15.4. The van der Waals surface area contributed by atoms with E-state index in [2.05, 4.69) is 20.4 Å². The molecule has 0 saturated heterocycles. The Hall–Kier alpha value is -2.54. The number of aromatic nitrogens is 4. The first-order chi connectivity index (χ1) is 11.1. The molecule has 0 radical (unpaired) electrons. The standard InChI is InChI=1S/C16H17N5OS/c1-11-9-12(2)21(20-11)8-6-15(22)19-16-18-14(10-23-16)13-5-3-4-7-17-13/h3-5,7,9-10H,6,8H2,1-2H3,(H,18,19,22). The molecule has 0 spiro atoms. The minimum atomic E-state index is -0.0699. The zero-order chi connectivity index (χ0) is 16.2. The molecule has 3 aromatic rings. The van der Waals surface area contributed by atoms with Crippen LogP contribution in [0.15, 0.2) is 35.8 Å². The molecule has 0 unspecified atom stereocenters. The van der Waals surface area contributed by atoms with Crippen LogP contribution in [0.2, 0.25) is 0 Å². The van der Waals surface area contributed by atoms with E-state index in [0.717, 1.165) is 22.8 Å². The summed E-state index contributed by atoms with van der Waals surface area (Å²) in [7, 11) is 0. The molecule has 3 aromatic heterocycles. The van der Waals surface area contributed by atoms with Crippen LogP contribution in [-0.2, 0) is 11.3 Å². The number of anilines is 1. The topological polar surface area (TPSA) is 72.7 Å². The second-order valence-corrected chi connectivity index (χ2v) is 6.06. The molecule has 0 saturated carbocycles. The molecule has 3 rings (SSSR count). The number of amides is 1. The Balaban J connectivity index is 1.58. The summed E-state index contributed by atoms with van der Waals surface area (Å²) in [6, 6.07) is 7.66. The number of hydrogen-bond acceptors (Lipinski definition) is 5. The van der Waals surface area contributed by atoms with E-state index in [1.165, 1.54) is 11.3 Å². The van der Waals surface area contributed by atoms with Crippen molar-refractivity contribution >= 4 is 22.4 Å². The summed E-state index contributed by atoms with van der Waals surface area (Å²) in [4.78, 5) is 20.7. The summed E-state index contributed by atoms with van der Waals surface area (Å²) < 4.78 is 1.84. The van der Waals surface area contributed by atoms with Gasteiger partial charge in [0.2, 0.25) is 5.91 Å². The highest BCUT2D eigenvalue weighted by Gasteiger charge is 2.09. The molecule has 23 heavy (non-hydrogen) atoms. The maximum atomic E-state index is 12.0. The van der Waals surface area contributed by atoms with Crippen molar-refractivity contribution in [2.75, 3.05) is 5.32 Å². The molecule has 0 aromatic carbocycles. The van der Waals surface area contributed by atoms with Crippen LogP contribution in [0.1, 0.15) is 17.8 Å². The van der Waals surface area contributed by atoms with Gasteiger partial charge in [-0.05, 0) is 32.0 Å². The zero-order valence-corrected chi connectivity index (χ0v) is 13.8. The molecule has 1 amide bonds. The normalized spacial score (nSPS) is 10.7. The van der Waals surface area contributed by atoms with E-state index in [1.54, 1.807) is 6.20 Å². The second-order valence-electron chi connectivity index (χ2n) is 5.20. The van der Waals surface area contributed by atoms with Gasteiger partial charge in [-0.15, -0.1) is 11.3 Å². The molecule has 0 aliphatic heterocycles. The van der Waals surface area contributed by atoms with E-state index in [9.17, 15) is 4.79 Å². The summed E-state index contributed by atoms with van der Waals surface area (Å²) in [5.74, 6) is -0.0699. The predicted molar refractivity (Wildman–Crippen MR) is 90.3 cm³/mol. The summed E-state index contributed by atoms with van der Waals surface area (Å²) in [5, 5.41) is 9.65. The van der Waals surface area contributed by atoms with Gasteiger partial charge in [0.15, 0.2) is 5.13 Å². The lowest BCUT2D eigenvalue weighted by atomic mass is 10.3. The third-order valence-corrected chi connectivity index (χ3v) is 4.09. The Bertz CT molecular complexity index is 809. The first-order valence-corrected chi connectivity index (χ1v) is 8.17. The summed E-state index contributed by atoms with van der Waals surface area (Å²) in [5.41, 5.74) is 3.58. The summed E-state index contributed by atoms with van der Waals surface area (Å²) in [6.07, 6.45) is 2.09. The van der Waals surface area contributed by atoms with Crippen molar-refractivity contribution in [3.8, 4) is 11.4 Å². The van der Waals surface area contributed by atoms with E-state index < -0.39 is 0 Å². The van der Waals surface area contributed by atoms with Crippen LogP contribution in [0.3, 0.4) is 0 Å².